The molecule has 3 rings (SSSR count). The fourth-order valence-electron chi connectivity index (χ4n) is 3.21. The number of aromatic amines is 1. The van der Waals surface area contributed by atoms with Gasteiger partial charge in [0, 0.05) is 11.6 Å². The lowest BCUT2D eigenvalue weighted by Gasteiger charge is -2.24. The van der Waals surface area contributed by atoms with Gasteiger partial charge in [0.2, 0.25) is 5.91 Å². The summed E-state index contributed by atoms with van der Waals surface area (Å²) in [5.41, 5.74) is 6.22. The molecule has 0 spiro atoms. The minimum Gasteiger partial charge on any atom is -0.352 e. The van der Waals surface area contributed by atoms with Crippen molar-refractivity contribution in [2.75, 3.05) is 6.54 Å². The normalized spacial score (nSPS) is 11.8. The smallest absolute Gasteiger partial charge is 0.312 e. The predicted molar refractivity (Wildman–Crippen MR) is 115 cm³/mol. The standard InChI is InChI=1S/C21H22ClN5O3/c1-2-27(12-18-24-17-10-14(22)8-9-15(17)20(29)26-18)19(28)11-16(25-21(23)30)13-6-4-3-5-7-13/h3-10,16H,2,11-12H2,1H3,(H3,23,25,30)(H,24,26,29)/t16-/m1/s1. The summed E-state index contributed by atoms with van der Waals surface area (Å²) in [4.78, 5) is 45.4. The van der Waals surface area contributed by atoms with Gasteiger partial charge in [0.05, 0.1) is 29.9 Å². The van der Waals surface area contributed by atoms with Crippen LogP contribution in [0.5, 0.6) is 0 Å². The third-order valence-electron chi connectivity index (χ3n) is 4.69. The predicted octanol–water partition coefficient (Wildman–Crippen LogP) is 2.72. The van der Waals surface area contributed by atoms with E-state index < -0.39 is 12.1 Å². The van der Waals surface area contributed by atoms with Crippen molar-refractivity contribution in [3.63, 3.8) is 0 Å². The molecule has 2 aromatic carbocycles. The van der Waals surface area contributed by atoms with E-state index in [0.717, 1.165) is 5.56 Å². The number of amides is 3. The molecule has 1 heterocycles. The number of hydrogen-bond donors (Lipinski definition) is 3. The van der Waals surface area contributed by atoms with Crippen molar-refractivity contribution in [3.05, 3.63) is 75.3 Å². The zero-order valence-corrected chi connectivity index (χ0v) is 17.1. The second-order valence-corrected chi connectivity index (χ2v) is 7.19. The fourth-order valence-corrected chi connectivity index (χ4v) is 3.37. The number of carbonyl (C=O) groups excluding carboxylic acids is 2. The van der Waals surface area contributed by atoms with Crippen molar-refractivity contribution in [1.29, 1.82) is 0 Å². The van der Waals surface area contributed by atoms with Crippen LogP contribution in [0.15, 0.2) is 53.3 Å². The molecule has 0 saturated carbocycles. The lowest BCUT2D eigenvalue weighted by molar-refractivity contribution is -0.132. The SMILES string of the molecule is CCN(Cc1nc2cc(Cl)ccc2c(=O)[nH]1)C(=O)C[C@@H](NC(N)=O)c1ccccc1. The Kier molecular flexibility index (Phi) is 6.68. The van der Waals surface area contributed by atoms with E-state index in [2.05, 4.69) is 15.3 Å². The van der Waals surface area contributed by atoms with Crippen molar-refractivity contribution >= 4 is 34.4 Å². The first-order valence-electron chi connectivity index (χ1n) is 9.44. The largest absolute Gasteiger partial charge is 0.352 e. The first kappa shape index (κ1) is 21.3. The number of nitrogens with two attached hydrogens (primary N) is 1. The van der Waals surface area contributed by atoms with Gasteiger partial charge in [-0.3, -0.25) is 9.59 Å². The molecular formula is C21H22ClN5O3. The highest BCUT2D eigenvalue weighted by atomic mass is 35.5. The summed E-state index contributed by atoms with van der Waals surface area (Å²) >= 11 is 6.00. The zero-order chi connectivity index (χ0) is 21.7. The Labute approximate surface area is 178 Å². The van der Waals surface area contributed by atoms with E-state index in [1.807, 2.05) is 37.3 Å². The number of nitrogens with one attached hydrogen (secondary N) is 2. The quantitative estimate of drug-likeness (QED) is 0.536. The second-order valence-electron chi connectivity index (χ2n) is 6.76. The van der Waals surface area contributed by atoms with Crippen LogP contribution in [-0.2, 0) is 11.3 Å². The Bertz CT molecular complexity index is 1120. The summed E-state index contributed by atoms with van der Waals surface area (Å²) in [7, 11) is 0. The molecule has 3 amide bonds. The van der Waals surface area contributed by atoms with Gasteiger partial charge >= 0.3 is 6.03 Å². The van der Waals surface area contributed by atoms with Crippen molar-refractivity contribution in [2.24, 2.45) is 5.73 Å². The highest BCUT2D eigenvalue weighted by Crippen LogP contribution is 2.19. The summed E-state index contributed by atoms with van der Waals surface area (Å²) in [6, 6.07) is 12.7. The van der Waals surface area contributed by atoms with Crippen LogP contribution in [0, 0.1) is 0 Å². The maximum Gasteiger partial charge on any atom is 0.312 e. The molecular weight excluding hydrogens is 406 g/mol. The van der Waals surface area contributed by atoms with E-state index in [1.165, 1.54) is 0 Å². The average Bonchev–Trinajstić information content (AvgIpc) is 2.71. The number of benzene rings is 2. The Morgan fingerprint density at radius 1 is 1.23 bits per heavy atom. The maximum atomic E-state index is 12.9. The molecule has 3 aromatic rings. The van der Waals surface area contributed by atoms with Crippen LogP contribution in [0.4, 0.5) is 4.79 Å². The Morgan fingerprint density at radius 2 is 1.97 bits per heavy atom. The van der Waals surface area contributed by atoms with E-state index in [9.17, 15) is 14.4 Å². The summed E-state index contributed by atoms with van der Waals surface area (Å²) in [6.07, 6.45) is 0.0183. The number of H-pyrrole nitrogens is 1. The molecule has 0 saturated heterocycles. The Balaban J connectivity index is 1.81. The topological polar surface area (TPSA) is 121 Å². The van der Waals surface area contributed by atoms with E-state index in [0.29, 0.717) is 28.3 Å². The van der Waals surface area contributed by atoms with Crippen LogP contribution in [-0.4, -0.2) is 33.4 Å². The summed E-state index contributed by atoms with van der Waals surface area (Å²) in [6.45, 7) is 2.34. The van der Waals surface area contributed by atoms with Crippen molar-refractivity contribution in [1.82, 2.24) is 20.2 Å². The van der Waals surface area contributed by atoms with Gasteiger partial charge in [-0.15, -0.1) is 0 Å². The highest BCUT2D eigenvalue weighted by molar-refractivity contribution is 6.31. The molecule has 1 atom stereocenters. The van der Waals surface area contributed by atoms with Crippen LogP contribution in [0.2, 0.25) is 5.02 Å². The number of fused-ring (bicyclic) bond motifs is 1. The van der Waals surface area contributed by atoms with E-state index in [4.69, 9.17) is 17.3 Å². The van der Waals surface area contributed by atoms with Crippen LogP contribution in [0.1, 0.15) is 30.8 Å². The molecule has 8 nitrogen and oxygen atoms in total. The number of carbonyl (C=O) groups is 2. The molecule has 0 unspecified atom stereocenters. The minimum absolute atomic E-state index is 0.0183. The molecule has 0 aliphatic heterocycles. The minimum atomic E-state index is -0.711. The summed E-state index contributed by atoms with van der Waals surface area (Å²) in [5, 5.41) is 3.51. The van der Waals surface area contributed by atoms with Crippen molar-refractivity contribution < 1.29 is 9.59 Å². The lowest BCUT2D eigenvalue weighted by Crippen LogP contribution is -2.38. The first-order chi connectivity index (χ1) is 14.4. The maximum absolute atomic E-state index is 12.9. The molecule has 4 N–H and O–H groups in total. The van der Waals surface area contributed by atoms with E-state index >= 15 is 0 Å². The third kappa shape index (κ3) is 5.15. The van der Waals surface area contributed by atoms with Gasteiger partial charge in [-0.05, 0) is 30.7 Å². The number of primary amides is 1. The average molecular weight is 428 g/mol. The molecule has 1 aromatic heterocycles. The third-order valence-corrected chi connectivity index (χ3v) is 4.92. The zero-order valence-electron chi connectivity index (χ0n) is 16.4. The molecule has 0 bridgehead atoms. The molecule has 0 aliphatic rings. The van der Waals surface area contributed by atoms with Gasteiger partial charge < -0.3 is 20.9 Å². The molecule has 0 radical (unpaired) electrons. The van der Waals surface area contributed by atoms with Crippen LogP contribution < -0.4 is 16.6 Å². The van der Waals surface area contributed by atoms with E-state index in [-0.39, 0.29) is 24.4 Å². The van der Waals surface area contributed by atoms with Crippen LogP contribution in [0.3, 0.4) is 0 Å². The van der Waals surface area contributed by atoms with Crippen molar-refractivity contribution in [3.8, 4) is 0 Å². The summed E-state index contributed by atoms with van der Waals surface area (Å²) < 4.78 is 0. The Hall–Kier alpha value is -3.39. The van der Waals surface area contributed by atoms with Crippen LogP contribution in [0.25, 0.3) is 10.9 Å². The summed E-state index contributed by atoms with van der Waals surface area (Å²) in [5.74, 6) is 0.137. The molecule has 0 fully saturated rings. The molecule has 0 aliphatic carbocycles. The monoisotopic (exact) mass is 427 g/mol. The second kappa shape index (κ2) is 9.41. The number of rotatable bonds is 7. The Morgan fingerprint density at radius 3 is 2.63 bits per heavy atom. The van der Waals surface area contributed by atoms with Crippen molar-refractivity contribution in [2.45, 2.75) is 25.9 Å². The van der Waals surface area contributed by atoms with Crippen LogP contribution >= 0.6 is 11.6 Å². The number of hydrogen-bond acceptors (Lipinski definition) is 4. The van der Waals surface area contributed by atoms with Gasteiger partial charge in [-0.2, -0.15) is 0 Å². The van der Waals surface area contributed by atoms with E-state index in [1.54, 1.807) is 23.1 Å². The van der Waals surface area contributed by atoms with Gasteiger partial charge in [0.1, 0.15) is 5.82 Å². The fraction of sp³-hybridized carbons (Fsp3) is 0.238. The van der Waals surface area contributed by atoms with Gasteiger partial charge in [-0.25, -0.2) is 9.78 Å². The number of urea groups is 1. The number of halogens is 1. The number of aromatic nitrogens is 2. The molecule has 30 heavy (non-hydrogen) atoms. The van der Waals surface area contributed by atoms with Gasteiger partial charge in [0.15, 0.2) is 0 Å². The first-order valence-corrected chi connectivity index (χ1v) is 9.82. The number of nitrogens with zero attached hydrogens (tertiary/aromatic N) is 2. The highest BCUT2D eigenvalue weighted by Gasteiger charge is 2.21. The van der Waals surface area contributed by atoms with Gasteiger partial charge in [-0.1, -0.05) is 41.9 Å². The van der Waals surface area contributed by atoms with Gasteiger partial charge in [0.25, 0.3) is 5.56 Å². The molecule has 9 heteroatoms. The lowest BCUT2D eigenvalue weighted by atomic mass is 10.0. The molecule has 156 valence electrons.